The predicted molar refractivity (Wildman–Crippen MR) is 204 cm³/mol. The zero-order chi connectivity index (χ0) is 32.1. The van der Waals surface area contributed by atoms with Crippen LogP contribution in [0.15, 0.2) is 173 Å². The van der Waals surface area contributed by atoms with Gasteiger partial charge in [-0.2, -0.15) is 0 Å². The Labute approximate surface area is 280 Å². The molecule has 0 aliphatic rings. The first-order chi connectivity index (χ1) is 24.3. The van der Waals surface area contributed by atoms with Crippen LogP contribution in [0.5, 0.6) is 0 Å². The highest BCUT2D eigenvalue weighted by molar-refractivity contribution is 6.25. The van der Waals surface area contributed by atoms with Gasteiger partial charge in [-0.25, -0.2) is 0 Å². The number of furan rings is 2. The molecule has 3 heteroatoms. The summed E-state index contributed by atoms with van der Waals surface area (Å²) in [6.45, 7) is 0. The number of benzene rings is 8. The molecule has 0 unspecified atom stereocenters. The molecular formula is C46H27NO2. The first-order valence-electron chi connectivity index (χ1n) is 16.7. The van der Waals surface area contributed by atoms with Crippen LogP contribution in [0.3, 0.4) is 0 Å². The van der Waals surface area contributed by atoms with E-state index in [1.165, 1.54) is 60.0 Å². The van der Waals surface area contributed by atoms with E-state index in [-0.39, 0.29) is 0 Å². The van der Waals surface area contributed by atoms with Gasteiger partial charge in [-0.1, -0.05) is 109 Å². The predicted octanol–water partition coefficient (Wildman–Crippen LogP) is 13.1. The second-order valence-electron chi connectivity index (χ2n) is 12.8. The number of nitrogens with zero attached hydrogens (tertiary/aromatic N) is 1. The van der Waals surface area contributed by atoms with Crippen LogP contribution in [0.2, 0.25) is 0 Å². The van der Waals surface area contributed by atoms with Crippen molar-refractivity contribution in [1.82, 2.24) is 4.57 Å². The van der Waals surface area contributed by atoms with Crippen LogP contribution in [0.25, 0.3) is 104 Å². The van der Waals surface area contributed by atoms with Crippen molar-refractivity contribution in [2.45, 2.75) is 0 Å². The molecule has 49 heavy (non-hydrogen) atoms. The van der Waals surface area contributed by atoms with E-state index in [1.807, 2.05) is 24.5 Å². The average molecular weight is 626 g/mol. The lowest BCUT2D eigenvalue weighted by Crippen LogP contribution is -1.93. The average Bonchev–Trinajstić information content (AvgIpc) is 3.86. The van der Waals surface area contributed by atoms with E-state index >= 15 is 0 Å². The number of hydrogen-bond donors (Lipinski definition) is 0. The fraction of sp³-hybridized carbons (Fsp3) is 0. The summed E-state index contributed by atoms with van der Waals surface area (Å²) in [5.74, 6) is 0. The number of para-hydroxylation sites is 3. The molecule has 3 nitrogen and oxygen atoms in total. The van der Waals surface area contributed by atoms with Crippen LogP contribution >= 0.6 is 0 Å². The molecule has 0 bridgehead atoms. The Morgan fingerprint density at radius 2 is 0.980 bits per heavy atom. The highest BCUT2D eigenvalue weighted by Gasteiger charge is 2.22. The quantitative estimate of drug-likeness (QED) is 0.183. The van der Waals surface area contributed by atoms with Crippen molar-refractivity contribution in [3.63, 3.8) is 0 Å². The van der Waals surface area contributed by atoms with Crippen LogP contribution < -0.4 is 0 Å². The first kappa shape index (κ1) is 26.5. The molecule has 0 radical (unpaired) electrons. The van der Waals surface area contributed by atoms with E-state index in [0.717, 1.165) is 44.2 Å². The SMILES string of the molecule is c1ccc(-n2c3ccccc3c3cc(-c4c5ccccc5c(-c5coc6c5ccc5c7ccccc7oc56)c5ccccc45)ccc32)cc1. The van der Waals surface area contributed by atoms with Crippen molar-refractivity contribution in [2.75, 3.05) is 0 Å². The molecule has 228 valence electrons. The summed E-state index contributed by atoms with van der Waals surface area (Å²) in [7, 11) is 0. The first-order valence-corrected chi connectivity index (χ1v) is 16.7. The Kier molecular flexibility index (Phi) is 5.38. The van der Waals surface area contributed by atoms with Gasteiger partial charge < -0.3 is 13.4 Å². The van der Waals surface area contributed by atoms with Gasteiger partial charge in [0.25, 0.3) is 0 Å². The zero-order valence-corrected chi connectivity index (χ0v) is 26.4. The van der Waals surface area contributed by atoms with Gasteiger partial charge in [0.05, 0.1) is 17.3 Å². The van der Waals surface area contributed by atoms with Gasteiger partial charge in [-0.3, -0.25) is 0 Å². The molecule has 0 saturated carbocycles. The minimum Gasteiger partial charge on any atom is -0.460 e. The second kappa shape index (κ2) is 9.96. The summed E-state index contributed by atoms with van der Waals surface area (Å²) in [4.78, 5) is 0. The fourth-order valence-electron chi connectivity index (χ4n) is 8.18. The zero-order valence-electron chi connectivity index (χ0n) is 26.4. The maximum absolute atomic E-state index is 6.39. The molecule has 0 aliphatic heterocycles. The summed E-state index contributed by atoms with van der Waals surface area (Å²) < 4.78 is 15.1. The lowest BCUT2D eigenvalue weighted by molar-refractivity contribution is 0.601. The Morgan fingerprint density at radius 1 is 0.388 bits per heavy atom. The lowest BCUT2D eigenvalue weighted by Gasteiger charge is -2.17. The van der Waals surface area contributed by atoms with Crippen LogP contribution in [0, 0.1) is 0 Å². The normalized spacial score (nSPS) is 12.1. The number of aromatic nitrogens is 1. The van der Waals surface area contributed by atoms with E-state index in [9.17, 15) is 0 Å². The molecule has 0 spiro atoms. The number of fused-ring (bicyclic) bond motifs is 10. The third-order valence-corrected chi connectivity index (χ3v) is 10.3. The fourth-order valence-corrected chi connectivity index (χ4v) is 8.18. The lowest BCUT2D eigenvalue weighted by atomic mass is 9.85. The van der Waals surface area contributed by atoms with E-state index in [1.54, 1.807) is 0 Å². The Hall–Kier alpha value is -6.58. The van der Waals surface area contributed by atoms with E-state index in [4.69, 9.17) is 8.83 Å². The van der Waals surface area contributed by atoms with Gasteiger partial charge in [0, 0.05) is 43.7 Å². The van der Waals surface area contributed by atoms with Crippen LogP contribution in [0.4, 0.5) is 0 Å². The molecule has 0 amide bonds. The minimum absolute atomic E-state index is 0.779. The third kappa shape index (κ3) is 3.67. The summed E-state index contributed by atoms with van der Waals surface area (Å²) in [5, 5.41) is 10.5. The molecule has 0 fully saturated rings. The Bertz CT molecular complexity index is 3050. The van der Waals surface area contributed by atoms with Crippen LogP contribution in [-0.2, 0) is 0 Å². The Balaban J connectivity index is 1.20. The Morgan fingerprint density at radius 3 is 1.73 bits per heavy atom. The smallest absolute Gasteiger partial charge is 0.178 e. The maximum atomic E-state index is 6.39. The summed E-state index contributed by atoms with van der Waals surface area (Å²) in [6.07, 6.45) is 1.91. The van der Waals surface area contributed by atoms with E-state index < -0.39 is 0 Å². The summed E-state index contributed by atoms with van der Waals surface area (Å²) in [5.41, 5.74) is 10.7. The van der Waals surface area contributed by atoms with Crippen molar-refractivity contribution in [3.8, 4) is 27.9 Å². The molecule has 8 aromatic carbocycles. The highest BCUT2D eigenvalue weighted by atomic mass is 16.4. The van der Waals surface area contributed by atoms with Gasteiger partial charge in [0.1, 0.15) is 5.58 Å². The van der Waals surface area contributed by atoms with Gasteiger partial charge in [0.2, 0.25) is 0 Å². The topological polar surface area (TPSA) is 31.2 Å². The van der Waals surface area contributed by atoms with Gasteiger partial charge >= 0.3 is 0 Å². The molecule has 11 rings (SSSR count). The molecular weight excluding hydrogens is 599 g/mol. The van der Waals surface area contributed by atoms with Crippen molar-refractivity contribution < 1.29 is 8.83 Å². The van der Waals surface area contributed by atoms with E-state index in [0.29, 0.717) is 0 Å². The number of rotatable bonds is 3. The molecule has 3 heterocycles. The van der Waals surface area contributed by atoms with Crippen LogP contribution in [0.1, 0.15) is 0 Å². The summed E-state index contributed by atoms with van der Waals surface area (Å²) >= 11 is 0. The molecule has 0 aliphatic carbocycles. The van der Waals surface area contributed by atoms with Crippen molar-refractivity contribution in [2.24, 2.45) is 0 Å². The monoisotopic (exact) mass is 625 g/mol. The van der Waals surface area contributed by atoms with Crippen molar-refractivity contribution in [1.29, 1.82) is 0 Å². The molecule has 0 saturated heterocycles. The van der Waals surface area contributed by atoms with Gasteiger partial charge in [0.15, 0.2) is 11.2 Å². The molecule has 0 atom stereocenters. The minimum atomic E-state index is 0.779. The van der Waals surface area contributed by atoms with Crippen LogP contribution in [-0.4, -0.2) is 4.57 Å². The highest BCUT2D eigenvalue weighted by Crippen LogP contribution is 2.48. The van der Waals surface area contributed by atoms with Crippen molar-refractivity contribution >= 4 is 76.3 Å². The second-order valence-corrected chi connectivity index (χ2v) is 12.8. The molecule has 3 aromatic heterocycles. The van der Waals surface area contributed by atoms with Gasteiger partial charge in [-0.05, 0) is 81.2 Å². The van der Waals surface area contributed by atoms with Crippen molar-refractivity contribution in [3.05, 3.63) is 164 Å². The molecule has 11 aromatic rings. The summed E-state index contributed by atoms with van der Waals surface area (Å²) in [6, 6.07) is 56.5. The third-order valence-electron chi connectivity index (χ3n) is 10.3. The largest absolute Gasteiger partial charge is 0.460 e. The maximum Gasteiger partial charge on any atom is 0.178 e. The molecule has 0 N–H and O–H groups in total. The standard InChI is InChI=1S/C46H27NO2/c1-2-12-29(13-3-1)47-40-20-10-8-14-30(40)38-26-28(22-25-41(38)47)43-32-16-4-6-18-34(32)44(35-19-7-5-17-33(35)43)39-27-48-45-37(39)24-23-36-31-15-9-11-21-42(31)49-46(36)45/h1-27H. The number of hydrogen-bond acceptors (Lipinski definition) is 2. The van der Waals surface area contributed by atoms with E-state index in [2.05, 4.69) is 144 Å². The van der Waals surface area contributed by atoms with Gasteiger partial charge in [-0.15, -0.1) is 0 Å².